The van der Waals surface area contributed by atoms with Gasteiger partial charge in [-0.05, 0) is 0 Å². The van der Waals surface area contributed by atoms with E-state index in [1.807, 2.05) is 0 Å². The van der Waals surface area contributed by atoms with Gasteiger partial charge in [-0.15, -0.1) is 0 Å². The highest BCUT2D eigenvalue weighted by Gasteiger charge is 2.50. The summed E-state index contributed by atoms with van der Waals surface area (Å²) in [7, 11) is 0. The zero-order valence-corrected chi connectivity index (χ0v) is 12.0. The van der Waals surface area contributed by atoms with Gasteiger partial charge in [-0.25, -0.2) is 0 Å². The molecule has 0 radical (unpaired) electrons. The molecule has 11 heteroatoms. The quantitative estimate of drug-likeness (QED) is 0.243. The molecule has 2 aliphatic rings. The molecule has 0 spiro atoms. The maximum atomic E-state index is 9.94. The highest BCUT2D eigenvalue weighted by atomic mass is 16.7. The normalized spacial score (nSPS) is 51.7. The van der Waals surface area contributed by atoms with E-state index in [0.717, 1.165) is 0 Å². The van der Waals surface area contributed by atoms with E-state index in [0.29, 0.717) is 0 Å². The lowest BCUT2D eigenvalue weighted by atomic mass is 9.97. The molecule has 2 fully saturated rings. The highest BCUT2D eigenvalue weighted by molar-refractivity contribution is 4.93. The number of hydrogen-bond acceptors (Lipinski definition) is 11. The second-order valence-electron chi connectivity index (χ2n) is 5.53. The molecule has 2 heterocycles. The van der Waals surface area contributed by atoms with Crippen LogP contribution in [0.5, 0.6) is 0 Å². The standard InChI is InChI=1S/C12H22O11/c13-1-3-5(15)6(16)9(19)12(22-3)23-10-4(2-14)21-11(20)8(18)7(10)17/h3-20H,1-2H2/t3-,4-,5-,6+,7-,8+,9+,10?,11+,12+/m1/s1. The van der Waals surface area contributed by atoms with Crippen molar-refractivity contribution in [2.75, 3.05) is 13.2 Å². The summed E-state index contributed by atoms with van der Waals surface area (Å²) in [5, 5.41) is 76.5. The van der Waals surface area contributed by atoms with Crippen molar-refractivity contribution >= 4 is 0 Å². The average Bonchev–Trinajstić information content (AvgIpc) is 2.55. The minimum absolute atomic E-state index is 0.667. The van der Waals surface area contributed by atoms with Crippen LogP contribution in [0.15, 0.2) is 0 Å². The van der Waals surface area contributed by atoms with Gasteiger partial charge in [0.15, 0.2) is 12.6 Å². The molecular formula is C12H22O11. The van der Waals surface area contributed by atoms with Crippen molar-refractivity contribution in [1.29, 1.82) is 0 Å². The molecule has 0 saturated carbocycles. The Kier molecular flexibility index (Phi) is 6.27. The zero-order valence-electron chi connectivity index (χ0n) is 12.0. The third-order valence-corrected chi connectivity index (χ3v) is 3.98. The fourth-order valence-electron chi connectivity index (χ4n) is 2.57. The summed E-state index contributed by atoms with van der Waals surface area (Å²) in [6.45, 7) is -1.35. The van der Waals surface area contributed by atoms with Gasteiger partial charge in [-0.1, -0.05) is 0 Å². The first-order valence-corrected chi connectivity index (χ1v) is 7.08. The molecule has 2 rings (SSSR count). The molecule has 2 aliphatic heterocycles. The number of ether oxygens (including phenoxy) is 3. The summed E-state index contributed by atoms with van der Waals surface area (Å²) in [6, 6.07) is 0. The lowest BCUT2D eigenvalue weighted by molar-refractivity contribution is -0.355. The van der Waals surface area contributed by atoms with Crippen molar-refractivity contribution in [2.45, 2.75) is 61.4 Å². The third-order valence-electron chi connectivity index (χ3n) is 3.98. The Hall–Kier alpha value is -0.440. The van der Waals surface area contributed by atoms with Crippen molar-refractivity contribution in [1.82, 2.24) is 0 Å². The van der Waals surface area contributed by atoms with Crippen molar-refractivity contribution in [3.8, 4) is 0 Å². The van der Waals surface area contributed by atoms with Crippen molar-refractivity contribution in [3.05, 3.63) is 0 Å². The molecule has 10 atom stereocenters. The Morgan fingerprint density at radius 3 is 1.83 bits per heavy atom. The van der Waals surface area contributed by atoms with Crippen LogP contribution in [0.2, 0.25) is 0 Å². The van der Waals surface area contributed by atoms with E-state index in [9.17, 15) is 35.7 Å². The van der Waals surface area contributed by atoms with Gasteiger partial charge >= 0.3 is 0 Å². The van der Waals surface area contributed by atoms with E-state index in [1.54, 1.807) is 0 Å². The molecule has 0 aromatic heterocycles. The first kappa shape index (κ1) is 18.9. The van der Waals surface area contributed by atoms with Gasteiger partial charge in [0.2, 0.25) is 0 Å². The SMILES string of the molecule is OC[C@H]1O[C@H](O)[C@@H](O)[C@@H](O)C1O[C@@H]1O[C@H](CO)[C@@H](O)[C@H](O)[C@@H]1O. The molecular weight excluding hydrogens is 320 g/mol. The molecule has 0 aromatic carbocycles. The summed E-state index contributed by atoms with van der Waals surface area (Å²) < 4.78 is 15.3. The monoisotopic (exact) mass is 342 g/mol. The summed E-state index contributed by atoms with van der Waals surface area (Å²) in [5.74, 6) is 0. The third kappa shape index (κ3) is 3.65. The van der Waals surface area contributed by atoms with Crippen LogP contribution in [0.25, 0.3) is 0 Å². The Morgan fingerprint density at radius 1 is 0.652 bits per heavy atom. The number of aliphatic hydroxyl groups is 8. The van der Waals surface area contributed by atoms with Gasteiger partial charge in [0.1, 0.15) is 48.8 Å². The zero-order chi connectivity index (χ0) is 17.3. The van der Waals surface area contributed by atoms with Crippen LogP contribution >= 0.6 is 0 Å². The lowest BCUT2D eigenvalue weighted by Gasteiger charge is -2.45. The number of aliphatic hydroxyl groups excluding tert-OH is 8. The Bertz CT molecular complexity index is 378. The predicted octanol–water partition coefficient (Wildman–Crippen LogP) is -5.40. The fourth-order valence-corrected chi connectivity index (χ4v) is 2.57. The van der Waals surface area contributed by atoms with Gasteiger partial charge in [0.25, 0.3) is 0 Å². The highest BCUT2D eigenvalue weighted by Crippen LogP contribution is 2.28. The smallest absolute Gasteiger partial charge is 0.187 e. The van der Waals surface area contributed by atoms with E-state index in [2.05, 4.69) is 0 Å². The summed E-state index contributed by atoms with van der Waals surface area (Å²) in [6.07, 6.45) is -15.6. The molecule has 0 amide bonds. The minimum atomic E-state index is -1.74. The molecule has 11 nitrogen and oxygen atoms in total. The number of hydrogen-bond donors (Lipinski definition) is 8. The van der Waals surface area contributed by atoms with Crippen molar-refractivity contribution in [2.24, 2.45) is 0 Å². The van der Waals surface area contributed by atoms with E-state index in [1.165, 1.54) is 0 Å². The first-order chi connectivity index (χ1) is 10.8. The summed E-state index contributed by atoms with van der Waals surface area (Å²) in [5.41, 5.74) is 0. The van der Waals surface area contributed by atoms with Gasteiger partial charge in [-0.2, -0.15) is 0 Å². The van der Waals surface area contributed by atoms with Gasteiger partial charge < -0.3 is 55.1 Å². The van der Waals surface area contributed by atoms with Crippen molar-refractivity contribution in [3.63, 3.8) is 0 Å². The molecule has 0 aromatic rings. The van der Waals surface area contributed by atoms with Crippen LogP contribution in [0.3, 0.4) is 0 Å². The first-order valence-electron chi connectivity index (χ1n) is 7.08. The lowest BCUT2D eigenvalue weighted by Crippen LogP contribution is -2.64. The van der Waals surface area contributed by atoms with E-state index in [-0.39, 0.29) is 0 Å². The number of rotatable bonds is 4. The van der Waals surface area contributed by atoms with Crippen LogP contribution in [0, 0.1) is 0 Å². The van der Waals surface area contributed by atoms with E-state index < -0.39 is 74.6 Å². The largest absolute Gasteiger partial charge is 0.394 e. The van der Waals surface area contributed by atoms with Crippen molar-refractivity contribution < 1.29 is 55.1 Å². The summed E-state index contributed by atoms with van der Waals surface area (Å²) >= 11 is 0. The molecule has 0 aliphatic carbocycles. The maximum Gasteiger partial charge on any atom is 0.187 e. The molecule has 2 saturated heterocycles. The van der Waals surface area contributed by atoms with Gasteiger partial charge in [-0.3, -0.25) is 0 Å². The molecule has 8 N–H and O–H groups in total. The second kappa shape index (κ2) is 7.63. The Morgan fingerprint density at radius 2 is 1.26 bits per heavy atom. The topological polar surface area (TPSA) is 190 Å². The second-order valence-corrected chi connectivity index (χ2v) is 5.53. The Balaban J connectivity index is 2.11. The van der Waals surface area contributed by atoms with Crippen LogP contribution in [-0.2, 0) is 14.2 Å². The van der Waals surface area contributed by atoms with E-state index >= 15 is 0 Å². The van der Waals surface area contributed by atoms with Gasteiger partial charge in [0.05, 0.1) is 13.2 Å². The predicted molar refractivity (Wildman–Crippen MR) is 68.6 cm³/mol. The average molecular weight is 342 g/mol. The molecule has 0 bridgehead atoms. The van der Waals surface area contributed by atoms with Crippen LogP contribution in [0.1, 0.15) is 0 Å². The Labute approximate surface area is 130 Å². The molecule has 136 valence electrons. The summed E-state index contributed by atoms with van der Waals surface area (Å²) in [4.78, 5) is 0. The van der Waals surface area contributed by atoms with E-state index in [4.69, 9.17) is 19.3 Å². The minimum Gasteiger partial charge on any atom is -0.394 e. The maximum absolute atomic E-state index is 9.94. The fraction of sp³-hybridized carbons (Fsp3) is 1.00. The molecule has 1 unspecified atom stereocenters. The van der Waals surface area contributed by atoms with Gasteiger partial charge in [0, 0.05) is 0 Å². The van der Waals surface area contributed by atoms with Crippen LogP contribution in [0.4, 0.5) is 0 Å². The molecule has 23 heavy (non-hydrogen) atoms. The van der Waals surface area contributed by atoms with Crippen LogP contribution in [-0.4, -0.2) is 115 Å². The van der Waals surface area contributed by atoms with Crippen LogP contribution < -0.4 is 0 Å².